The molecule has 0 saturated carbocycles. The second-order valence-electron chi connectivity index (χ2n) is 2.51. The number of fused-ring (bicyclic) bond motifs is 1. The standard InChI is InChI=1S/C8H7ClN2O2/c1-12-6-3-7-5(2-4(6)9)11-8(10)13-7/h2-3H,1H3,(H2,10,11). The summed E-state index contributed by atoms with van der Waals surface area (Å²) in [4.78, 5) is 3.92. The zero-order valence-corrected chi connectivity index (χ0v) is 7.63. The van der Waals surface area contributed by atoms with Crippen molar-refractivity contribution in [2.24, 2.45) is 0 Å². The number of methoxy groups -OCH3 is 1. The van der Waals surface area contributed by atoms with E-state index >= 15 is 0 Å². The predicted molar refractivity (Wildman–Crippen MR) is 50.0 cm³/mol. The number of hydrogen-bond acceptors (Lipinski definition) is 4. The predicted octanol–water partition coefficient (Wildman–Crippen LogP) is 2.07. The fourth-order valence-corrected chi connectivity index (χ4v) is 1.34. The Bertz CT molecular complexity index is 453. The number of nitrogens with zero attached hydrogens (tertiary/aromatic N) is 1. The van der Waals surface area contributed by atoms with Gasteiger partial charge < -0.3 is 14.9 Å². The van der Waals surface area contributed by atoms with Crippen molar-refractivity contribution in [1.29, 1.82) is 0 Å². The van der Waals surface area contributed by atoms with Crippen LogP contribution >= 0.6 is 11.6 Å². The Hall–Kier alpha value is -1.42. The third-order valence-corrected chi connectivity index (χ3v) is 1.97. The third kappa shape index (κ3) is 1.29. The highest BCUT2D eigenvalue weighted by molar-refractivity contribution is 6.32. The average molecular weight is 199 g/mol. The quantitative estimate of drug-likeness (QED) is 0.762. The van der Waals surface area contributed by atoms with E-state index in [0.29, 0.717) is 21.9 Å². The van der Waals surface area contributed by atoms with Crippen LogP contribution in [-0.4, -0.2) is 12.1 Å². The van der Waals surface area contributed by atoms with Crippen LogP contribution in [0.5, 0.6) is 5.75 Å². The summed E-state index contributed by atoms with van der Waals surface area (Å²) in [7, 11) is 1.53. The number of rotatable bonds is 1. The van der Waals surface area contributed by atoms with Crippen LogP contribution in [0.3, 0.4) is 0 Å². The van der Waals surface area contributed by atoms with Crippen molar-refractivity contribution in [2.45, 2.75) is 0 Å². The third-order valence-electron chi connectivity index (χ3n) is 1.68. The number of halogens is 1. The van der Waals surface area contributed by atoms with Crippen LogP contribution in [0.4, 0.5) is 6.01 Å². The molecule has 0 unspecified atom stereocenters. The van der Waals surface area contributed by atoms with Crippen molar-refractivity contribution in [1.82, 2.24) is 4.98 Å². The zero-order valence-electron chi connectivity index (χ0n) is 6.87. The van der Waals surface area contributed by atoms with Crippen LogP contribution in [0.15, 0.2) is 16.5 Å². The number of benzene rings is 1. The highest BCUT2D eigenvalue weighted by Crippen LogP contribution is 2.30. The lowest BCUT2D eigenvalue weighted by molar-refractivity contribution is 0.415. The molecule has 0 aliphatic heterocycles. The molecule has 0 bridgehead atoms. The van der Waals surface area contributed by atoms with Crippen LogP contribution in [0.2, 0.25) is 5.02 Å². The van der Waals surface area contributed by atoms with Crippen molar-refractivity contribution in [3.63, 3.8) is 0 Å². The van der Waals surface area contributed by atoms with Gasteiger partial charge in [0.25, 0.3) is 6.01 Å². The van der Waals surface area contributed by atoms with Gasteiger partial charge in [-0.1, -0.05) is 11.6 Å². The van der Waals surface area contributed by atoms with Gasteiger partial charge in [-0.2, -0.15) is 4.98 Å². The first-order valence-corrected chi connectivity index (χ1v) is 3.98. The van der Waals surface area contributed by atoms with E-state index in [4.69, 9.17) is 26.5 Å². The molecule has 2 rings (SSSR count). The molecule has 0 aliphatic carbocycles. The van der Waals surface area contributed by atoms with E-state index < -0.39 is 0 Å². The first-order chi connectivity index (χ1) is 6.20. The molecular weight excluding hydrogens is 192 g/mol. The van der Waals surface area contributed by atoms with Gasteiger partial charge in [0.05, 0.1) is 12.1 Å². The van der Waals surface area contributed by atoms with Crippen LogP contribution in [0.25, 0.3) is 11.1 Å². The lowest BCUT2D eigenvalue weighted by Crippen LogP contribution is -1.83. The van der Waals surface area contributed by atoms with E-state index in [1.165, 1.54) is 7.11 Å². The molecule has 0 atom stereocenters. The molecule has 13 heavy (non-hydrogen) atoms. The first-order valence-electron chi connectivity index (χ1n) is 3.60. The van der Waals surface area contributed by atoms with E-state index in [-0.39, 0.29) is 6.01 Å². The molecule has 1 aromatic carbocycles. The first kappa shape index (κ1) is 8.19. The SMILES string of the molecule is COc1cc2oc(N)nc2cc1Cl. The van der Waals surface area contributed by atoms with Crippen LogP contribution in [-0.2, 0) is 0 Å². The molecule has 2 N–H and O–H groups in total. The Morgan fingerprint density at radius 2 is 2.31 bits per heavy atom. The van der Waals surface area contributed by atoms with Crippen molar-refractivity contribution in [3.8, 4) is 5.75 Å². The summed E-state index contributed by atoms with van der Waals surface area (Å²) < 4.78 is 10.1. The fraction of sp³-hybridized carbons (Fsp3) is 0.125. The van der Waals surface area contributed by atoms with E-state index in [0.717, 1.165) is 0 Å². The molecule has 0 radical (unpaired) electrons. The highest BCUT2D eigenvalue weighted by Gasteiger charge is 2.08. The molecule has 0 aliphatic rings. The van der Waals surface area contributed by atoms with Gasteiger partial charge in [0, 0.05) is 6.07 Å². The maximum Gasteiger partial charge on any atom is 0.292 e. The number of nitrogens with two attached hydrogens (primary N) is 1. The minimum Gasteiger partial charge on any atom is -0.495 e. The summed E-state index contributed by atoms with van der Waals surface area (Å²) in [6.45, 7) is 0. The summed E-state index contributed by atoms with van der Waals surface area (Å²) in [5, 5.41) is 0.489. The average Bonchev–Trinajstić information content (AvgIpc) is 2.42. The summed E-state index contributed by atoms with van der Waals surface area (Å²) in [6, 6.07) is 3.43. The molecule has 0 fully saturated rings. The molecule has 5 heteroatoms. The van der Waals surface area contributed by atoms with Gasteiger partial charge in [-0.05, 0) is 6.07 Å². The summed E-state index contributed by atoms with van der Waals surface area (Å²) in [5.41, 5.74) is 6.57. The van der Waals surface area contributed by atoms with Gasteiger partial charge in [0.2, 0.25) is 0 Å². The van der Waals surface area contributed by atoms with Crippen molar-refractivity contribution in [2.75, 3.05) is 12.8 Å². The normalized spacial score (nSPS) is 10.6. The lowest BCUT2D eigenvalue weighted by Gasteiger charge is -2.00. The van der Waals surface area contributed by atoms with E-state index in [1.54, 1.807) is 12.1 Å². The van der Waals surface area contributed by atoms with Gasteiger partial charge in [0.1, 0.15) is 11.3 Å². The second-order valence-corrected chi connectivity index (χ2v) is 2.91. The largest absolute Gasteiger partial charge is 0.495 e. The van der Waals surface area contributed by atoms with Crippen molar-refractivity contribution < 1.29 is 9.15 Å². The molecule has 0 saturated heterocycles. The molecule has 4 nitrogen and oxygen atoms in total. The summed E-state index contributed by atoms with van der Waals surface area (Å²) in [5.74, 6) is 0.547. The molecule has 68 valence electrons. The Morgan fingerprint density at radius 3 is 3.00 bits per heavy atom. The Balaban J connectivity index is 2.72. The second kappa shape index (κ2) is 2.81. The number of oxazole rings is 1. The number of aromatic nitrogens is 1. The topological polar surface area (TPSA) is 61.3 Å². The maximum atomic E-state index is 5.87. The smallest absolute Gasteiger partial charge is 0.292 e. The molecule has 1 aromatic heterocycles. The van der Waals surface area contributed by atoms with Crippen LogP contribution in [0, 0.1) is 0 Å². The van der Waals surface area contributed by atoms with Gasteiger partial charge in [-0.25, -0.2) is 0 Å². The molecule has 0 spiro atoms. The van der Waals surface area contributed by atoms with Crippen LogP contribution in [0.1, 0.15) is 0 Å². The van der Waals surface area contributed by atoms with E-state index in [2.05, 4.69) is 4.98 Å². The minimum absolute atomic E-state index is 0.124. The number of nitrogen functional groups attached to an aromatic ring is 1. The van der Waals surface area contributed by atoms with Crippen LogP contribution < -0.4 is 10.5 Å². The monoisotopic (exact) mass is 198 g/mol. The molecule has 2 aromatic rings. The number of hydrogen-bond donors (Lipinski definition) is 1. The number of ether oxygens (including phenoxy) is 1. The maximum absolute atomic E-state index is 5.87. The molecule has 1 heterocycles. The Morgan fingerprint density at radius 1 is 1.54 bits per heavy atom. The fourth-order valence-electron chi connectivity index (χ4n) is 1.10. The lowest BCUT2D eigenvalue weighted by atomic mass is 10.3. The summed E-state index contributed by atoms with van der Waals surface area (Å²) in [6.07, 6.45) is 0. The Kier molecular flexibility index (Phi) is 1.77. The van der Waals surface area contributed by atoms with E-state index in [1.807, 2.05) is 0 Å². The van der Waals surface area contributed by atoms with Gasteiger partial charge in [0.15, 0.2) is 5.58 Å². The van der Waals surface area contributed by atoms with Crippen molar-refractivity contribution >= 4 is 28.7 Å². The van der Waals surface area contributed by atoms with Gasteiger partial charge >= 0.3 is 0 Å². The molecule has 0 amide bonds. The summed E-state index contributed by atoms with van der Waals surface area (Å²) >= 11 is 5.87. The minimum atomic E-state index is 0.124. The van der Waals surface area contributed by atoms with Crippen molar-refractivity contribution in [3.05, 3.63) is 17.2 Å². The van der Waals surface area contributed by atoms with Gasteiger partial charge in [-0.15, -0.1) is 0 Å². The highest BCUT2D eigenvalue weighted by atomic mass is 35.5. The van der Waals surface area contributed by atoms with Gasteiger partial charge in [-0.3, -0.25) is 0 Å². The Labute approximate surface area is 79.2 Å². The molecular formula is C8H7ClN2O2. The zero-order chi connectivity index (χ0) is 9.42. The van der Waals surface area contributed by atoms with E-state index in [9.17, 15) is 0 Å². The number of anilines is 1.